The van der Waals surface area contributed by atoms with Crippen molar-refractivity contribution in [2.45, 2.75) is 26.8 Å². The maximum atomic E-state index is 12.4. The maximum Gasteiger partial charge on any atom is 0.410 e. The van der Waals surface area contributed by atoms with Gasteiger partial charge in [0.2, 0.25) is 0 Å². The molecule has 0 radical (unpaired) electrons. The highest BCUT2D eigenvalue weighted by molar-refractivity contribution is 5.81. The molecule has 0 aliphatic rings. The van der Waals surface area contributed by atoms with Crippen molar-refractivity contribution in [1.82, 2.24) is 4.90 Å². The molecule has 9 nitrogen and oxygen atoms in total. The zero-order valence-corrected chi connectivity index (χ0v) is 16.0. The molecule has 0 saturated carbocycles. The number of amidine groups is 1. The molecule has 1 atom stereocenters. The van der Waals surface area contributed by atoms with Crippen LogP contribution in [0, 0.1) is 5.92 Å². The fraction of sp³-hybridized carbons (Fsp3) is 0.500. The van der Waals surface area contributed by atoms with E-state index in [1.165, 1.54) is 12.0 Å². The molecule has 0 aliphatic heterocycles. The topological polar surface area (TPSA) is 124 Å². The Morgan fingerprint density at radius 3 is 2.37 bits per heavy atom. The second-order valence-corrected chi connectivity index (χ2v) is 6.30. The Bertz CT molecular complexity index is 645. The minimum Gasteiger partial charge on any atom is -0.486 e. The average molecular weight is 381 g/mol. The van der Waals surface area contributed by atoms with Crippen LogP contribution in [0.2, 0.25) is 0 Å². The first-order chi connectivity index (χ1) is 12.8. The fourth-order valence-corrected chi connectivity index (χ4v) is 2.09. The molecular weight excluding hydrogens is 354 g/mol. The summed E-state index contributed by atoms with van der Waals surface area (Å²) < 4.78 is 15.3. The number of ether oxygens (including phenoxy) is 3. The lowest BCUT2D eigenvalue weighted by Gasteiger charge is -2.28. The van der Waals surface area contributed by atoms with Gasteiger partial charge >= 0.3 is 12.1 Å². The van der Waals surface area contributed by atoms with Gasteiger partial charge in [-0.15, -0.1) is 0 Å². The van der Waals surface area contributed by atoms with Gasteiger partial charge in [-0.05, 0) is 30.5 Å². The molecule has 0 saturated heterocycles. The van der Waals surface area contributed by atoms with Crippen LogP contribution in [0.5, 0.6) is 5.75 Å². The first-order valence-electron chi connectivity index (χ1n) is 8.47. The van der Waals surface area contributed by atoms with Gasteiger partial charge in [-0.1, -0.05) is 31.1 Å². The van der Waals surface area contributed by atoms with Crippen molar-refractivity contribution in [2.75, 3.05) is 26.9 Å². The van der Waals surface area contributed by atoms with Gasteiger partial charge < -0.3 is 25.2 Å². The summed E-state index contributed by atoms with van der Waals surface area (Å²) in [5, 5.41) is 11.3. The highest BCUT2D eigenvalue weighted by Gasteiger charge is 2.26. The van der Waals surface area contributed by atoms with Crippen molar-refractivity contribution in [3.63, 3.8) is 0 Å². The fourth-order valence-electron chi connectivity index (χ4n) is 2.09. The molecule has 0 fully saturated rings. The Labute approximate surface area is 158 Å². The van der Waals surface area contributed by atoms with Crippen LogP contribution in [0.1, 0.15) is 32.4 Å². The predicted molar refractivity (Wildman–Crippen MR) is 98.7 cm³/mol. The van der Waals surface area contributed by atoms with Crippen LogP contribution in [0.25, 0.3) is 0 Å². The molecule has 150 valence electrons. The van der Waals surface area contributed by atoms with Crippen LogP contribution in [0.3, 0.4) is 0 Å². The molecule has 0 heterocycles. The molecule has 0 unspecified atom stereocenters. The van der Waals surface area contributed by atoms with E-state index in [2.05, 4.69) is 9.89 Å². The van der Waals surface area contributed by atoms with E-state index in [-0.39, 0.29) is 31.5 Å². The molecule has 9 heteroatoms. The van der Waals surface area contributed by atoms with Gasteiger partial charge in [0.05, 0.1) is 19.8 Å². The number of amides is 1. The van der Waals surface area contributed by atoms with Crippen molar-refractivity contribution >= 4 is 17.9 Å². The summed E-state index contributed by atoms with van der Waals surface area (Å²) in [5.41, 5.74) is 6.13. The van der Waals surface area contributed by atoms with E-state index in [4.69, 9.17) is 20.4 Å². The zero-order valence-electron chi connectivity index (χ0n) is 16.0. The van der Waals surface area contributed by atoms with Gasteiger partial charge in [0.1, 0.15) is 18.9 Å². The third kappa shape index (κ3) is 7.43. The van der Waals surface area contributed by atoms with Crippen molar-refractivity contribution in [2.24, 2.45) is 16.8 Å². The average Bonchev–Trinajstić information content (AvgIpc) is 2.67. The number of esters is 1. The molecule has 1 aromatic rings. The SMILES string of the molecule is COC(=O)CN(C(=O)OCC(C)C)[C@H](C)c1ccc(OC/C(N)=N/O)cc1. The molecule has 0 spiro atoms. The number of nitrogens with zero attached hydrogens (tertiary/aromatic N) is 2. The number of hydrogen-bond donors (Lipinski definition) is 2. The van der Waals surface area contributed by atoms with E-state index in [0.717, 1.165) is 5.56 Å². The number of carbonyl (C=O) groups is 2. The van der Waals surface area contributed by atoms with Crippen LogP contribution in [0.15, 0.2) is 29.4 Å². The molecule has 0 bridgehead atoms. The molecule has 0 aromatic heterocycles. The van der Waals surface area contributed by atoms with Crippen molar-refractivity contribution in [1.29, 1.82) is 0 Å². The zero-order chi connectivity index (χ0) is 20.4. The third-order valence-corrected chi connectivity index (χ3v) is 3.65. The standard InChI is InChI=1S/C18H27N3O6/c1-12(2)10-27-18(23)21(9-17(22)25-4)13(3)14-5-7-15(8-6-14)26-11-16(19)20-24/h5-8,12-13,24H,9-11H2,1-4H3,(H2,19,20)/t13-/m1/s1. The summed E-state index contributed by atoms with van der Waals surface area (Å²) in [7, 11) is 1.26. The van der Waals surface area contributed by atoms with E-state index >= 15 is 0 Å². The van der Waals surface area contributed by atoms with Gasteiger partial charge in [-0.2, -0.15) is 0 Å². The quantitative estimate of drug-likeness (QED) is 0.221. The summed E-state index contributed by atoms with van der Waals surface area (Å²) >= 11 is 0. The molecule has 3 N–H and O–H groups in total. The lowest BCUT2D eigenvalue weighted by atomic mass is 10.1. The first-order valence-corrected chi connectivity index (χ1v) is 8.47. The molecule has 0 aliphatic carbocycles. The van der Waals surface area contributed by atoms with Crippen LogP contribution in [-0.4, -0.2) is 54.9 Å². The largest absolute Gasteiger partial charge is 0.486 e. The number of hydrogen-bond acceptors (Lipinski definition) is 7. The summed E-state index contributed by atoms with van der Waals surface area (Å²) in [4.78, 5) is 25.4. The van der Waals surface area contributed by atoms with Crippen LogP contribution < -0.4 is 10.5 Å². The second kappa shape index (κ2) is 10.9. The van der Waals surface area contributed by atoms with Gasteiger partial charge in [-0.3, -0.25) is 9.69 Å². The van der Waals surface area contributed by atoms with E-state index in [1.807, 2.05) is 13.8 Å². The number of nitrogens with two attached hydrogens (primary N) is 1. The molecular formula is C18H27N3O6. The maximum absolute atomic E-state index is 12.4. The van der Waals surface area contributed by atoms with E-state index < -0.39 is 18.1 Å². The summed E-state index contributed by atoms with van der Waals surface area (Å²) in [5.74, 6) is 0.0988. The van der Waals surface area contributed by atoms with Crippen molar-refractivity contribution in [3.05, 3.63) is 29.8 Å². The van der Waals surface area contributed by atoms with Gasteiger partial charge in [0.15, 0.2) is 5.84 Å². The smallest absolute Gasteiger partial charge is 0.410 e. The number of oxime groups is 1. The van der Waals surface area contributed by atoms with Crippen LogP contribution in [0.4, 0.5) is 4.79 Å². The van der Waals surface area contributed by atoms with Crippen LogP contribution >= 0.6 is 0 Å². The van der Waals surface area contributed by atoms with Gasteiger partial charge in [-0.25, -0.2) is 4.79 Å². The summed E-state index contributed by atoms with van der Waals surface area (Å²) in [6, 6.07) is 6.46. The van der Waals surface area contributed by atoms with Crippen molar-refractivity contribution < 1.29 is 29.0 Å². The molecule has 27 heavy (non-hydrogen) atoms. The lowest BCUT2D eigenvalue weighted by molar-refractivity contribution is -0.142. The minimum absolute atomic E-state index is 0.0513. The Balaban J connectivity index is 2.88. The molecule has 1 aromatic carbocycles. The van der Waals surface area contributed by atoms with E-state index in [1.54, 1.807) is 31.2 Å². The van der Waals surface area contributed by atoms with Crippen LogP contribution in [-0.2, 0) is 14.3 Å². The summed E-state index contributed by atoms with van der Waals surface area (Å²) in [6.45, 7) is 5.61. The lowest BCUT2D eigenvalue weighted by Crippen LogP contribution is -2.39. The molecule has 1 rings (SSSR count). The third-order valence-electron chi connectivity index (χ3n) is 3.65. The van der Waals surface area contributed by atoms with Gasteiger partial charge in [0, 0.05) is 0 Å². The number of carbonyl (C=O) groups excluding carboxylic acids is 2. The Kier molecular flexibility index (Phi) is 8.91. The Morgan fingerprint density at radius 2 is 1.85 bits per heavy atom. The predicted octanol–water partition coefficient (Wildman–Crippen LogP) is 2.14. The van der Waals surface area contributed by atoms with Crippen molar-refractivity contribution in [3.8, 4) is 5.75 Å². The monoisotopic (exact) mass is 381 g/mol. The number of methoxy groups -OCH3 is 1. The Hall–Kier alpha value is -2.97. The second-order valence-electron chi connectivity index (χ2n) is 6.30. The van der Waals surface area contributed by atoms with Gasteiger partial charge in [0.25, 0.3) is 0 Å². The van der Waals surface area contributed by atoms with E-state index in [0.29, 0.717) is 5.75 Å². The summed E-state index contributed by atoms with van der Waals surface area (Å²) in [6.07, 6.45) is -0.589. The normalized spacial score (nSPS) is 12.4. The molecule has 1 amide bonds. The highest BCUT2D eigenvalue weighted by Crippen LogP contribution is 2.23. The number of benzene rings is 1. The Morgan fingerprint density at radius 1 is 1.22 bits per heavy atom. The minimum atomic E-state index is -0.589. The van der Waals surface area contributed by atoms with E-state index in [9.17, 15) is 9.59 Å². The highest BCUT2D eigenvalue weighted by atomic mass is 16.6. The first kappa shape index (κ1) is 22.1. The number of rotatable bonds is 9.